The highest BCUT2D eigenvalue weighted by atomic mass is 16.5. The standard InChI is InChI=1S/C25H24N4O2/c30-25(28-22-12-6-7-13-23(22)31-19-8-2-1-3-9-19)29-16-14-18(15-17-29)24-26-20-10-4-5-11-21(20)27-24/h1-13,18H,14-17H2,(H,26,27)(H,28,30). The topological polar surface area (TPSA) is 70.2 Å². The number of anilines is 1. The van der Waals surface area contributed by atoms with E-state index in [0.29, 0.717) is 30.4 Å². The number of carbonyl (C=O) groups is 1. The van der Waals surface area contributed by atoms with Crippen LogP contribution >= 0.6 is 0 Å². The molecule has 1 aliphatic rings. The summed E-state index contributed by atoms with van der Waals surface area (Å²) in [4.78, 5) is 22.9. The van der Waals surface area contributed by atoms with Gasteiger partial charge in [0.1, 0.15) is 11.6 Å². The van der Waals surface area contributed by atoms with Crippen LogP contribution in [0.4, 0.5) is 10.5 Å². The Kier molecular flexibility index (Phi) is 5.27. The van der Waals surface area contributed by atoms with Gasteiger partial charge in [-0.05, 0) is 49.2 Å². The van der Waals surface area contributed by atoms with Crippen LogP contribution in [0.2, 0.25) is 0 Å². The third-order valence-electron chi connectivity index (χ3n) is 5.68. The molecule has 3 aromatic carbocycles. The number of amides is 2. The predicted octanol–water partition coefficient (Wildman–Crippen LogP) is 5.77. The molecule has 0 radical (unpaired) electrons. The average Bonchev–Trinajstić information content (AvgIpc) is 3.25. The van der Waals surface area contributed by atoms with E-state index < -0.39 is 0 Å². The number of rotatable bonds is 4. The number of aromatic amines is 1. The van der Waals surface area contributed by atoms with E-state index in [-0.39, 0.29) is 6.03 Å². The molecule has 1 aliphatic heterocycles. The van der Waals surface area contributed by atoms with Crippen molar-refractivity contribution in [2.45, 2.75) is 18.8 Å². The average molecular weight is 412 g/mol. The molecule has 0 atom stereocenters. The smallest absolute Gasteiger partial charge is 0.321 e. The SMILES string of the molecule is O=C(Nc1ccccc1Oc1ccccc1)N1CCC(c2nc3ccccc3[nH]2)CC1. The van der Waals surface area contributed by atoms with Gasteiger partial charge in [0, 0.05) is 19.0 Å². The number of H-pyrrole nitrogens is 1. The second-order valence-electron chi connectivity index (χ2n) is 7.74. The summed E-state index contributed by atoms with van der Waals surface area (Å²) in [6, 6.07) is 25.0. The number of benzene rings is 3. The number of imidazole rings is 1. The first-order valence-corrected chi connectivity index (χ1v) is 10.6. The Hall–Kier alpha value is -3.80. The largest absolute Gasteiger partial charge is 0.455 e. The molecule has 156 valence electrons. The van der Waals surface area contributed by atoms with Crippen molar-refractivity contribution in [1.82, 2.24) is 14.9 Å². The van der Waals surface area contributed by atoms with Gasteiger partial charge in [0.05, 0.1) is 16.7 Å². The molecule has 1 aromatic heterocycles. The van der Waals surface area contributed by atoms with Crippen molar-refractivity contribution in [2.75, 3.05) is 18.4 Å². The van der Waals surface area contributed by atoms with Crippen molar-refractivity contribution in [1.29, 1.82) is 0 Å². The zero-order valence-corrected chi connectivity index (χ0v) is 17.1. The molecule has 0 unspecified atom stereocenters. The number of piperidine rings is 1. The van der Waals surface area contributed by atoms with E-state index in [1.807, 2.05) is 83.8 Å². The molecule has 6 nitrogen and oxygen atoms in total. The second kappa shape index (κ2) is 8.52. The van der Waals surface area contributed by atoms with E-state index in [4.69, 9.17) is 9.72 Å². The number of nitrogens with zero attached hydrogens (tertiary/aromatic N) is 2. The Bertz CT molecular complexity index is 1150. The lowest BCUT2D eigenvalue weighted by Crippen LogP contribution is -2.40. The number of nitrogens with one attached hydrogen (secondary N) is 2. The van der Waals surface area contributed by atoms with E-state index in [1.54, 1.807) is 0 Å². The molecule has 0 bridgehead atoms. The molecule has 5 rings (SSSR count). The Morgan fingerprint density at radius 1 is 0.935 bits per heavy atom. The Balaban J connectivity index is 1.22. The van der Waals surface area contributed by atoms with Gasteiger partial charge in [-0.25, -0.2) is 9.78 Å². The summed E-state index contributed by atoms with van der Waals surface area (Å²) in [6.07, 6.45) is 1.77. The summed E-state index contributed by atoms with van der Waals surface area (Å²) in [5.41, 5.74) is 2.72. The number of ether oxygens (including phenoxy) is 1. The van der Waals surface area contributed by atoms with Crippen molar-refractivity contribution in [3.63, 3.8) is 0 Å². The summed E-state index contributed by atoms with van der Waals surface area (Å²) < 4.78 is 5.96. The molecule has 2 N–H and O–H groups in total. The van der Waals surface area contributed by atoms with Gasteiger partial charge in [-0.2, -0.15) is 0 Å². The number of aromatic nitrogens is 2. The molecule has 1 fully saturated rings. The highest BCUT2D eigenvalue weighted by Crippen LogP contribution is 2.31. The van der Waals surface area contributed by atoms with E-state index in [1.165, 1.54) is 0 Å². The van der Waals surface area contributed by atoms with Crippen LogP contribution in [0.15, 0.2) is 78.9 Å². The Labute approximate surface area is 180 Å². The van der Waals surface area contributed by atoms with Crippen LogP contribution in [0.3, 0.4) is 0 Å². The number of hydrogen-bond acceptors (Lipinski definition) is 3. The number of urea groups is 1. The molecular weight excluding hydrogens is 388 g/mol. The van der Waals surface area contributed by atoms with Gasteiger partial charge < -0.3 is 19.9 Å². The number of carbonyl (C=O) groups excluding carboxylic acids is 1. The molecule has 4 aromatic rings. The first-order valence-electron chi connectivity index (χ1n) is 10.6. The lowest BCUT2D eigenvalue weighted by atomic mass is 9.96. The maximum Gasteiger partial charge on any atom is 0.321 e. The molecule has 2 amide bonds. The molecular formula is C25H24N4O2. The number of hydrogen-bond donors (Lipinski definition) is 2. The fraction of sp³-hybridized carbons (Fsp3) is 0.200. The van der Waals surface area contributed by atoms with Crippen molar-refractivity contribution in [3.8, 4) is 11.5 Å². The van der Waals surface area contributed by atoms with Crippen molar-refractivity contribution >= 4 is 22.8 Å². The van der Waals surface area contributed by atoms with Crippen LogP contribution in [-0.2, 0) is 0 Å². The summed E-state index contributed by atoms with van der Waals surface area (Å²) in [6.45, 7) is 1.38. The molecule has 0 aliphatic carbocycles. The third kappa shape index (κ3) is 4.23. The highest BCUT2D eigenvalue weighted by Gasteiger charge is 2.26. The Morgan fingerprint density at radius 3 is 2.45 bits per heavy atom. The lowest BCUT2D eigenvalue weighted by molar-refractivity contribution is 0.193. The molecule has 2 heterocycles. The van der Waals surface area contributed by atoms with Crippen LogP contribution in [0.1, 0.15) is 24.6 Å². The van der Waals surface area contributed by atoms with E-state index in [9.17, 15) is 4.79 Å². The summed E-state index contributed by atoms with van der Waals surface area (Å²) in [5, 5.41) is 3.02. The van der Waals surface area contributed by atoms with E-state index in [0.717, 1.165) is 35.4 Å². The van der Waals surface area contributed by atoms with Gasteiger partial charge in [0.15, 0.2) is 5.75 Å². The normalized spacial score (nSPS) is 14.5. The van der Waals surface area contributed by atoms with Crippen LogP contribution in [0, 0.1) is 0 Å². The maximum atomic E-state index is 12.9. The fourth-order valence-electron chi connectivity index (χ4n) is 3.99. The summed E-state index contributed by atoms with van der Waals surface area (Å²) >= 11 is 0. The van der Waals surface area contributed by atoms with Crippen molar-refractivity contribution in [3.05, 3.63) is 84.7 Å². The molecule has 0 saturated carbocycles. The Morgan fingerprint density at radius 2 is 1.65 bits per heavy atom. The first-order chi connectivity index (χ1) is 15.3. The van der Waals surface area contributed by atoms with Gasteiger partial charge in [-0.3, -0.25) is 0 Å². The second-order valence-corrected chi connectivity index (χ2v) is 7.74. The number of para-hydroxylation sites is 5. The monoisotopic (exact) mass is 412 g/mol. The van der Waals surface area contributed by atoms with Crippen LogP contribution in [0.5, 0.6) is 11.5 Å². The van der Waals surface area contributed by atoms with Crippen LogP contribution < -0.4 is 10.1 Å². The van der Waals surface area contributed by atoms with Gasteiger partial charge in [-0.1, -0.05) is 42.5 Å². The molecule has 6 heteroatoms. The minimum absolute atomic E-state index is 0.104. The zero-order valence-electron chi connectivity index (χ0n) is 17.1. The zero-order chi connectivity index (χ0) is 21.0. The minimum atomic E-state index is -0.104. The van der Waals surface area contributed by atoms with Gasteiger partial charge in [0.2, 0.25) is 0 Å². The van der Waals surface area contributed by atoms with Crippen LogP contribution in [-0.4, -0.2) is 34.0 Å². The maximum absolute atomic E-state index is 12.9. The molecule has 0 spiro atoms. The van der Waals surface area contributed by atoms with Crippen molar-refractivity contribution in [2.24, 2.45) is 0 Å². The quantitative estimate of drug-likeness (QED) is 0.447. The number of fused-ring (bicyclic) bond motifs is 1. The third-order valence-corrected chi connectivity index (χ3v) is 5.68. The van der Waals surface area contributed by atoms with E-state index in [2.05, 4.69) is 10.3 Å². The summed E-state index contributed by atoms with van der Waals surface area (Å²) in [5.74, 6) is 2.71. The van der Waals surface area contributed by atoms with Gasteiger partial charge in [-0.15, -0.1) is 0 Å². The van der Waals surface area contributed by atoms with Gasteiger partial charge in [0.25, 0.3) is 0 Å². The predicted molar refractivity (Wildman–Crippen MR) is 122 cm³/mol. The number of likely N-dealkylation sites (tertiary alicyclic amines) is 1. The minimum Gasteiger partial charge on any atom is -0.455 e. The molecule has 31 heavy (non-hydrogen) atoms. The lowest BCUT2D eigenvalue weighted by Gasteiger charge is -2.31. The fourth-order valence-corrected chi connectivity index (χ4v) is 3.99. The van der Waals surface area contributed by atoms with Gasteiger partial charge >= 0.3 is 6.03 Å². The summed E-state index contributed by atoms with van der Waals surface area (Å²) in [7, 11) is 0. The molecule has 1 saturated heterocycles. The van der Waals surface area contributed by atoms with E-state index >= 15 is 0 Å². The van der Waals surface area contributed by atoms with Crippen molar-refractivity contribution < 1.29 is 9.53 Å². The first kappa shape index (κ1) is 19.2. The highest BCUT2D eigenvalue weighted by molar-refractivity contribution is 5.91. The van der Waals surface area contributed by atoms with Crippen LogP contribution in [0.25, 0.3) is 11.0 Å².